The monoisotopic (exact) mass is 380 g/mol. The molecule has 2 N–H and O–H groups in total. The molecule has 1 saturated carbocycles. The molecule has 0 spiro atoms. The predicted molar refractivity (Wildman–Crippen MR) is 117 cm³/mol. The van der Waals surface area contributed by atoms with Crippen LogP contribution < -0.4 is 0 Å². The molecule has 0 saturated heterocycles. The molecule has 0 amide bonds. The Kier molecular flexibility index (Phi) is 7.82. The molecule has 2 aromatic rings. The number of benzene rings is 2. The molecule has 1 atom stereocenters. The molecule has 1 unspecified atom stereocenters. The lowest BCUT2D eigenvalue weighted by atomic mass is 9.70. The Morgan fingerprint density at radius 1 is 0.750 bits per heavy atom. The van der Waals surface area contributed by atoms with Crippen molar-refractivity contribution in [2.24, 2.45) is 5.92 Å². The lowest BCUT2D eigenvalue weighted by Gasteiger charge is -2.34. The zero-order valence-electron chi connectivity index (χ0n) is 17.3. The third-order valence-electron chi connectivity index (χ3n) is 6.65. The molecule has 1 fully saturated rings. The fraction of sp³-hybridized carbons (Fsp3) is 0.538. The van der Waals surface area contributed by atoms with Crippen LogP contribution in [0.25, 0.3) is 0 Å². The topological polar surface area (TPSA) is 40.5 Å². The van der Waals surface area contributed by atoms with Crippen molar-refractivity contribution in [2.75, 3.05) is 0 Å². The minimum atomic E-state index is 0.355. The molecule has 0 bridgehead atoms. The van der Waals surface area contributed by atoms with Gasteiger partial charge in [-0.2, -0.15) is 0 Å². The summed E-state index contributed by atoms with van der Waals surface area (Å²) in [7, 11) is 0. The molecule has 0 heterocycles. The summed E-state index contributed by atoms with van der Waals surface area (Å²) in [4.78, 5) is 0. The van der Waals surface area contributed by atoms with Crippen LogP contribution in [0.5, 0.6) is 11.5 Å². The van der Waals surface area contributed by atoms with E-state index in [9.17, 15) is 10.2 Å². The van der Waals surface area contributed by atoms with Crippen molar-refractivity contribution in [1.82, 2.24) is 0 Å². The number of aromatic hydroxyl groups is 2. The first kappa shape index (κ1) is 20.8. The van der Waals surface area contributed by atoms with Crippen molar-refractivity contribution >= 4 is 0 Å². The molecule has 0 aromatic heterocycles. The van der Waals surface area contributed by atoms with E-state index in [1.54, 1.807) is 0 Å². The number of rotatable bonds is 9. The third kappa shape index (κ3) is 5.77. The van der Waals surface area contributed by atoms with Gasteiger partial charge in [0.2, 0.25) is 0 Å². The summed E-state index contributed by atoms with van der Waals surface area (Å²) in [6, 6.07) is 15.8. The Bertz CT molecular complexity index is 681. The number of phenolic OH excluding ortho intramolecular Hbond substituents is 2. The van der Waals surface area contributed by atoms with Crippen molar-refractivity contribution < 1.29 is 10.2 Å². The molecule has 2 heteroatoms. The largest absolute Gasteiger partial charge is 0.508 e. The molecule has 2 nitrogen and oxygen atoms in total. The van der Waals surface area contributed by atoms with E-state index < -0.39 is 0 Å². The molecule has 1 aliphatic carbocycles. The van der Waals surface area contributed by atoms with E-state index in [-0.39, 0.29) is 0 Å². The highest BCUT2D eigenvalue weighted by atomic mass is 16.3. The summed E-state index contributed by atoms with van der Waals surface area (Å²) in [6.07, 6.45) is 12.9. The van der Waals surface area contributed by atoms with Crippen molar-refractivity contribution in [3.8, 4) is 11.5 Å². The Morgan fingerprint density at radius 3 is 1.93 bits per heavy atom. The predicted octanol–water partition coefficient (Wildman–Crippen LogP) is 7.52. The zero-order valence-corrected chi connectivity index (χ0v) is 17.3. The molecular formula is C26H36O2. The van der Waals surface area contributed by atoms with E-state index in [4.69, 9.17) is 0 Å². The van der Waals surface area contributed by atoms with Crippen molar-refractivity contribution in [3.63, 3.8) is 0 Å². The second-order valence-electron chi connectivity index (χ2n) is 8.60. The van der Waals surface area contributed by atoms with Gasteiger partial charge >= 0.3 is 0 Å². The molecular weight excluding hydrogens is 344 g/mol. The summed E-state index contributed by atoms with van der Waals surface area (Å²) in [5.41, 5.74) is 2.78. The maximum atomic E-state index is 9.68. The van der Waals surface area contributed by atoms with Crippen LogP contribution in [0, 0.1) is 5.92 Å². The fourth-order valence-electron chi connectivity index (χ4n) is 4.97. The Labute approximate surface area is 170 Å². The van der Waals surface area contributed by atoms with Gasteiger partial charge in [0.25, 0.3) is 0 Å². The van der Waals surface area contributed by atoms with Crippen LogP contribution in [0.1, 0.15) is 94.1 Å². The molecule has 3 rings (SSSR count). The van der Waals surface area contributed by atoms with E-state index in [0.717, 1.165) is 5.92 Å². The highest BCUT2D eigenvalue weighted by Gasteiger charge is 2.29. The van der Waals surface area contributed by atoms with E-state index in [0.29, 0.717) is 23.3 Å². The summed E-state index contributed by atoms with van der Waals surface area (Å²) in [5.74, 6) is 2.70. The van der Waals surface area contributed by atoms with Gasteiger partial charge in [-0.25, -0.2) is 0 Å². The van der Waals surface area contributed by atoms with Gasteiger partial charge in [-0.05, 0) is 85.3 Å². The Balaban J connectivity index is 1.61. The highest BCUT2D eigenvalue weighted by Crippen LogP contribution is 2.44. The lowest BCUT2D eigenvalue weighted by molar-refractivity contribution is 0.268. The van der Waals surface area contributed by atoms with E-state index in [2.05, 4.69) is 31.2 Å². The van der Waals surface area contributed by atoms with Gasteiger partial charge in [0.1, 0.15) is 11.5 Å². The van der Waals surface area contributed by atoms with Crippen LogP contribution in [-0.4, -0.2) is 10.2 Å². The van der Waals surface area contributed by atoms with E-state index >= 15 is 0 Å². The second-order valence-corrected chi connectivity index (χ2v) is 8.60. The molecule has 0 aliphatic heterocycles. The smallest absolute Gasteiger partial charge is 0.115 e. The van der Waals surface area contributed by atoms with Crippen LogP contribution in [-0.2, 0) is 0 Å². The number of unbranched alkanes of at least 4 members (excludes halogenated alkanes) is 4. The number of hydrogen-bond donors (Lipinski definition) is 2. The summed E-state index contributed by atoms with van der Waals surface area (Å²) >= 11 is 0. The average molecular weight is 381 g/mol. The second kappa shape index (κ2) is 10.5. The standard InChI is InChI=1S/C26H36O2/c1-2-3-4-5-6-7-26(23-14-18-25(28)19-15-23)22-10-8-20(9-11-22)21-12-16-24(27)17-13-21/h12-20,22,26-28H,2-11H2,1H3. The molecule has 1 aliphatic rings. The van der Waals surface area contributed by atoms with Gasteiger partial charge in [-0.15, -0.1) is 0 Å². The highest BCUT2D eigenvalue weighted by molar-refractivity contribution is 5.30. The number of hydrogen-bond acceptors (Lipinski definition) is 2. The van der Waals surface area contributed by atoms with Crippen LogP contribution in [0.15, 0.2) is 48.5 Å². The molecule has 152 valence electrons. The van der Waals surface area contributed by atoms with E-state index in [1.807, 2.05) is 24.3 Å². The Hall–Kier alpha value is -1.96. The van der Waals surface area contributed by atoms with Crippen molar-refractivity contribution in [1.29, 1.82) is 0 Å². The van der Waals surface area contributed by atoms with Gasteiger partial charge in [-0.1, -0.05) is 63.3 Å². The normalized spacial score (nSPS) is 20.8. The van der Waals surface area contributed by atoms with Gasteiger partial charge in [0.15, 0.2) is 0 Å². The molecule has 0 radical (unpaired) electrons. The van der Waals surface area contributed by atoms with Crippen molar-refractivity contribution in [3.05, 3.63) is 59.7 Å². The van der Waals surface area contributed by atoms with Gasteiger partial charge < -0.3 is 10.2 Å². The average Bonchev–Trinajstić information content (AvgIpc) is 2.72. The summed E-state index contributed by atoms with van der Waals surface area (Å²) in [5, 5.41) is 19.2. The number of phenols is 2. The summed E-state index contributed by atoms with van der Waals surface area (Å²) < 4.78 is 0. The molecule has 28 heavy (non-hydrogen) atoms. The summed E-state index contributed by atoms with van der Waals surface area (Å²) in [6.45, 7) is 2.27. The van der Waals surface area contributed by atoms with Crippen molar-refractivity contribution in [2.45, 2.75) is 83.0 Å². The van der Waals surface area contributed by atoms with Gasteiger partial charge in [0, 0.05) is 0 Å². The quantitative estimate of drug-likeness (QED) is 0.442. The fourth-order valence-corrected chi connectivity index (χ4v) is 4.97. The maximum Gasteiger partial charge on any atom is 0.115 e. The zero-order chi connectivity index (χ0) is 19.8. The van der Waals surface area contributed by atoms with Gasteiger partial charge in [-0.3, -0.25) is 0 Å². The minimum absolute atomic E-state index is 0.355. The first-order chi connectivity index (χ1) is 13.7. The van der Waals surface area contributed by atoms with Gasteiger partial charge in [0.05, 0.1) is 0 Å². The first-order valence-electron chi connectivity index (χ1n) is 11.2. The van der Waals surface area contributed by atoms with Crippen LogP contribution >= 0.6 is 0 Å². The van der Waals surface area contributed by atoms with Crippen LogP contribution in [0.3, 0.4) is 0 Å². The van der Waals surface area contributed by atoms with E-state index in [1.165, 1.54) is 75.3 Å². The Morgan fingerprint density at radius 2 is 1.32 bits per heavy atom. The van der Waals surface area contributed by atoms with Crippen LogP contribution in [0.2, 0.25) is 0 Å². The molecule has 2 aromatic carbocycles. The van der Waals surface area contributed by atoms with Crippen LogP contribution in [0.4, 0.5) is 0 Å². The third-order valence-corrected chi connectivity index (χ3v) is 6.65. The maximum absolute atomic E-state index is 9.68. The SMILES string of the molecule is CCCCCCCC(c1ccc(O)cc1)C1CCC(c2ccc(O)cc2)CC1. The first-order valence-corrected chi connectivity index (χ1v) is 11.2. The lowest BCUT2D eigenvalue weighted by Crippen LogP contribution is -2.20. The minimum Gasteiger partial charge on any atom is -0.508 e.